The second kappa shape index (κ2) is 11.4. The summed E-state index contributed by atoms with van der Waals surface area (Å²) in [5.74, 6) is -0.0954. The summed E-state index contributed by atoms with van der Waals surface area (Å²) in [4.78, 5) is 42.1. The van der Waals surface area contributed by atoms with Crippen molar-refractivity contribution in [3.63, 3.8) is 0 Å². The average Bonchev–Trinajstić information content (AvgIpc) is 2.82. The molecule has 0 atom stereocenters. The summed E-state index contributed by atoms with van der Waals surface area (Å²) in [6, 6.07) is 12.4. The molecule has 174 valence electrons. The molecule has 33 heavy (non-hydrogen) atoms. The molecule has 0 aliphatic rings. The molecule has 3 rings (SSSR count). The number of nitrogens with zero attached hydrogens (tertiary/aromatic N) is 2. The Bertz CT molecular complexity index is 1200. The number of esters is 2. The summed E-state index contributed by atoms with van der Waals surface area (Å²) in [5.41, 5.74) is 2.31. The normalized spacial score (nSPS) is 10.9. The maximum Gasteiger partial charge on any atom is 0.337 e. The number of aromatic nitrogens is 2. The van der Waals surface area contributed by atoms with Crippen LogP contribution in [0.5, 0.6) is 0 Å². The van der Waals surface area contributed by atoms with Crippen molar-refractivity contribution < 1.29 is 19.1 Å². The van der Waals surface area contributed by atoms with E-state index in [4.69, 9.17) is 14.5 Å². The van der Waals surface area contributed by atoms with Crippen LogP contribution in [0.4, 0.5) is 0 Å². The van der Waals surface area contributed by atoms with Crippen molar-refractivity contribution in [2.45, 2.75) is 52.4 Å². The molecule has 0 fully saturated rings. The third kappa shape index (κ3) is 5.86. The van der Waals surface area contributed by atoms with Gasteiger partial charge in [0.2, 0.25) is 0 Å². The predicted octanol–water partition coefficient (Wildman–Crippen LogP) is 4.54. The lowest BCUT2D eigenvalue weighted by Crippen LogP contribution is -2.25. The number of fused-ring (bicyclic) bond motifs is 1. The molecule has 0 spiro atoms. The van der Waals surface area contributed by atoms with E-state index in [0.717, 1.165) is 24.1 Å². The molecule has 7 heteroatoms. The van der Waals surface area contributed by atoms with Gasteiger partial charge in [-0.3, -0.25) is 14.2 Å². The Kier molecular flexibility index (Phi) is 8.35. The lowest BCUT2D eigenvalue weighted by Gasteiger charge is -2.16. The van der Waals surface area contributed by atoms with Crippen LogP contribution in [0.15, 0.2) is 47.3 Å². The van der Waals surface area contributed by atoms with E-state index in [1.165, 1.54) is 7.11 Å². The Morgan fingerprint density at radius 1 is 1.06 bits per heavy atom. The minimum atomic E-state index is -0.482. The Morgan fingerprint density at radius 2 is 1.85 bits per heavy atom. The second-order valence-electron chi connectivity index (χ2n) is 7.96. The highest BCUT2D eigenvalue weighted by atomic mass is 16.5. The van der Waals surface area contributed by atoms with Gasteiger partial charge in [-0.15, -0.1) is 0 Å². The van der Waals surface area contributed by atoms with Crippen LogP contribution in [-0.2, 0) is 20.7 Å². The summed E-state index contributed by atoms with van der Waals surface area (Å²) < 4.78 is 11.6. The van der Waals surface area contributed by atoms with Crippen LogP contribution >= 0.6 is 0 Å². The highest BCUT2D eigenvalue weighted by molar-refractivity contribution is 5.94. The van der Waals surface area contributed by atoms with E-state index in [-0.39, 0.29) is 11.5 Å². The third-order valence-corrected chi connectivity index (χ3v) is 5.51. The minimum absolute atomic E-state index is 0.195. The minimum Gasteiger partial charge on any atom is -0.466 e. The lowest BCUT2D eigenvalue weighted by molar-refractivity contribution is -0.143. The van der Waals surface area contributed by atoms with Crippen LogP contribution in [0.2, 0.25) is 0 Å². The van der Waals surface area contributed by atoms with Crippen LogP contribution in [0.1, 0.15) is 60.8 Å². The molecule has 1 heterocycles. The fourth-order valence-electron chi connectivity index (χ4n) is 3.66. The van der Waals surface area contributed by atoms with Crippen LogP contribution in [0.25, 0.3) is 16.6 Å². The molecule has 0 radical (unpaired) electrons. The molecule has 3 aromatic rings. The molecule has 0 saturated heterocycles. The number of ether oxygens (including phenoxy) is 2. The molecule has 0 aliphatic heterocycles. The van der Waals surface area contributed by atoms with Gasteiger partial charge in [-0.2, -0.15) is 0 Å². The topological polar surface area (TPSA) is 87.5 Å². The van der Waals surface area contributed by atoms with Gasteiger partial charge in [-0.1, -0.05) is 31.5 Å². The lowest BCUT2D eigenvalue weighted by atomic mass is 10.1. The Labute approximate surface area is 193 Å². The largest absolute Gasteiger partial charge is 0.466 e. The van der Waals surface area contributed by atoms with Crippen LogP contribution in [0, 0.1) is 6.92 Å². The standard InChI is InChI=1S/C26H30N2O5/c1-4-5-16-33-24(29)13-9-8-12-23-27-21-17-19(26(31)32-3)14-15-20(21)25(30)28(23)22-11-7-6-10-18(22)2/h6-7,10-11,14-15,17H,4-5,8-9,12-13,16H2,1-3H3. The van der Waals surface area contributed by atoms with Gasteiger partial charge in [0.1, 0.15) is 5.82 Å². The average molecular weight is 451 g/mol. The summed E-state index contributed by atoms with van der Waals surface area (Å²) in [5, 5.41) is 0.425. The molecule has 1 aromatic heterocycles. The van der Waals surface area contributed by atoms with E-state index < -0.39 is 5.97 Å². The maximum absolute atomic E-state index is 13.5. The van der Waals surface area contributed by atoms with E-state index in [1.54, 1.807) is 22.8 Å². The first kappa shape index (κ1) is 24.2. The summed E-state index contributed by atoms with van der Waals surface area (Å²) in [6.07, 6.45) is 3.98. The summed E-state index contributed by atoms with van der Waals surface area (Å²) >= 11 is 0. The first-order chi connectivity index (χ1) is 16.0. The van der Waals surface area contributed by atoms with Crippen molar-refractivity contribution in [1.82, 2.24) is 9.55 Å². The fraction of sp³-hybridized carbons (Fsp3) is 0.385. The molecule has 7 nitrogen and oxygen atoms in total. The molecule has 0 unspecified atom stereocenters. The number of aryl methyl sites for hydroxylation is 2. The maximum atomic E-state index is 13.5. The first-order valence-corrected chi connectivity index (χ1v) is 11.3. The van der Waals surface area contributed by atoms with E-state index in [1.807, 2.05) is 38.1 Å². The molecule has 0 saturated carbocycles. The highest BCUT2D eigenvalue weighted by Crippen LogP contribution is 2.19. The number of benzene rings is 2. The molecule has 0 N–H and O–H groups in total. The van der Waals surface area contributed by atoms with Gasteiger partial charge in [-0.25, -0.2) is 9.78 Å². The van der Waals surface area contributed by atoms with Gasteiger partial charge < -0.3 is 9.47 Å². The fourth-order valence-corrected chi connectivity index (χ4v) is 3.66. The van der Waals surface area contributed by atoms with Crippen molar-refractivity contribution >= 4 is 22.8 Å². The number of methoxy groups -OCH3 is 1. The SMILES string of the molecule is CCCCOC(=O)CCCCc1nc2cc(C(=O)OC)ccc2c(=O)n1-c1ccccc1C. The smallest absolute Gasteiger partial charge is 0.337 e. The van der Waals surface area contributed by atoms with Gasteiger partial charge in [0.25, 0.3) is 5.56 Å². The van der Waals surface area contributed by atoms with Gasteiger partial charge in [-0.05, 0) is 56.0 Å². The highest BCUT2D eigenvalue weighted by Gasteiger charge is 2.16. The molecule has 2 aromatic carbocycles. The Balaban J connectivity index is 1.92. The van der Waals surface area contributed by atoms with Crippen LogP contribution < -0.4 is 5.56 Å². The first-order valence-electron chi connectivity index (χ1n) is 11.3. The summed E-state index contributed by atoms with van der Waals surface area (Å²) in [7, 11) is 1.31. The van der Waals surface area contributed by atoms with Crippen molar-refractivity contribution in [2.75, 3.05) is 13.7 Å². The quantitative estimate of drug-likeness (QED) is 0.333. The van der Waals surface area contributed by atoms with Gasteiger partial charge >= 0.3 is 11.9 Å². The van der Waals surface area contributed by atoms with Crippen molar-refractivity contribution in [1.29, 1.82) is 0 Å². The number of carbonyl (C=O) groups is 2. The zero-order valence-corrected chi connectivity index (χ0v) is 19.4. The number of hydrogen-bond acceptors (Lipinski definition) is 6. The monoisotopic (exact) mass is 450 g/mol. The molecule has 0 aliphatic carbocycles. The van der Waals surface area contributed by atoms with Crippen LogP contribution in [-0.4, -0.2) is 35.2 Å². The van der Waals surface area contributed by atoms with E-state index in [0.29, 0.717) is 54.6 Å². The summed E-state index contributed by atoms with van der Waals surface area (Å²) in [6.45, 7) is 4.45. The van der Waals surface area contributed by atoms with E-state index >= 15 is 0 Å². The number of para-hydroxylation sites is 1. The van der Waals surface area contributed by atoms with Crippen molar-refractivity contribution in [3.05, 3.63) is 69.8 Å². The van der Waals surface area contributed by atoms with Crippen LogP contribution in [0.3, 0.4) is 0 Å². The molecular formula is C26H30N2O5. The molecular weight excluding hydrogens is 420 g/mol. The zero-order valence-electron chi connectivity index (χ0n) is 19.4. The van der Waals surface area contributed by atoms with Crippen molar-refractivity contribution in [2.24, 2.45) is 0 Å². The van der Waals surface area contributed by atoms with Gasteiger partial charge in [0.15, 0.2) is 0 Å². The predicted molar refractivity (Wildman–Crippen MR) is 127 cm³/mol. The van der Waals surface area contributed by atoms with E-state index in [2.05, 4.69) is 0 Å². The number of unbranched alkanes of at least 4 members (excludes halogenated alkanes) is 2. The van der Waals surface area contributed by atoms with Gasteiger partial charge in [0, 0.05) is 12.8 Å². The van der Waals surface area contributed by atoms with E-state index in [9.17, 15) is 14.4 Å². The molecule has 0 amide bonds. The second-order valence-corrected chi connectivity index (χ2v) is 7.96. The zero-order chi connectivity index (χ0) is 23.8. The third-order valence-electron chi connectivity index (χ3n) is 5.51. The number of hydrogen-bond donors (Lipinski definition) is 0. The Hall–Kier alpha value is -3.48. The van der Waals surface area contributed by atoms with Gasteiger partial charge in [0.05, 0.1) is 35.9 Å². The number of carbonyl (C=O) groups excluding carboxylic acids is 2. The Morgan fingerprint density at radius 3 is 2.58 bits per heavy atom. The number of rotatable bonds is 10. The van der Waals surface area contributed by atoms with Crippen molar-refractivity contribution in [3.8, 4) is 5.69 Å². The molecule has 0 bridgehead atoms.